The van der Waals surface area contributed by atoms with Crippen molar-refractivity contribution in [2.75, 3.05) is 54.4 Å². The fraction of sp³-hybridized carbons (Fsp3) is 0.769. The van der Waals surface area contributed by atoms with Crippen molar-refractivity contribution < 1.29 is 0 Å². The van der Waals surface area contributed by atoms with Crippen molar-refractivity contribution in [1.82, 2.24) is 19.7 Å². The third-order valence-corrected chi connectivity index (χ3v) is 3.47. The molecule has 0 bridgehead atoms. The standard InChI is InChI=1S/C10H17N3S.C3H9N/c1-9-11-10(8-14-9)7-13-5-3-12(2)4-6-13;1-4(2)3/h8H,3-7H2,1-2H3;1-3H3. The van der Waals surface area contributed by atoms with Crippen molar-refractivity contribution in [2.24, 2.45) is 0 Å². The van der Waals surface area contributed by atoms with E-state index in [9.17, 15) is 0 Å². The number of hydrogen-bond donors (Lipinski definition) is 0. The molecular formula is C13H26N4S. The van der Waals surface area contributed by atoms with Gasteiger partial charge in [-0.05, 0) is 35.1 Å². The van der Waals surface area contributed by atoms with E-state index in [-0.39, 0.29) is 0 Å². The molecule has 0 saturated carbocycles. The predicted octanol–water partition coefficient (Wildman–Crippen LogP) is 1.38. The Morgan fingerprint density at radius 3 is 2.22 bits per heavy atom. The highest BCUT2D eigenvalue weighted by Crippen LogP contribution is 2.11. The highest BCUT2D eigenvalue weighted by atomic mass is 32.1. The molecular weight excluding hydrogens is 244 g/mol. The Balaban J connectivity index is 0.000000357. The maximum Gasteiger partial charge on any atom is 0.0897 e. The van der Waals surface area contributed by atoms with Crippen molar-refractivity contribution in [2.45, 2.75) is 13.5 Å². The lowest BCUT2D eigenvalue weighted by atomic mass is 10.3. The third kappa shape index (κ3) is 6.44. The molecule has 4 nitrogen and oxygen atoms in total. The summed E-state index contributed by atoms with van der Waals surface area (Å²) < 4.78 is 0. The molecule has 0 amide bonds. The molecule has 104 valence electrons. The number of aromatic nitrogens is 1. The van der Waals surface area contributed by atoms with Gasteiger partial charge >= 0.3 is 0 Å². The zero-order chi connectivity index (χ0) is 13.5. The molecule has 1 aliphatic rings. The molecule has 1 aromatic rings. The van der Waals surface area contributed by atoms with Crippen molar-refractivity contribution in [3.8, 4) is 0 Å². The summed E-state index contributed by atoms with van der Waals surface area (Å²) in [6.45, 7) is 7.81. The zero-order valence-electron chi connectivity index (χ0n) is 12.3. The summed E-state index contributed by atoms with van der Waals surface area (Å²) in [5.41, 5.74) is 1.23. The molecule has 1 aromatic heterocycles. The van der Waals surface area contributed by atoms with Crippen molar-refractivity contribution >= 4 is 11.3 Å². The van der Waals surface area contributed by atoms with E-state index in [1.807, 2.05) is 26.0 Å². The summed E-state index contributed by atoms with van der Waals surface area (Å²) >= 11 is 1.75. The summed E-state index contributed by atoms with van der Waals surface area (Å²) in [7, 11) is 8.18. The van der Waals surface area contributed by atoms with Crippen LogP contribution in [0.3, 0.4) is 0 Å². The average molecular weight is 270 g/mol. The van der Waals surface area contributed by atoms with Crippen LogP contribution < -0.4 is 0 Å². The Labute approximate surface area is 115 Å². The van der Waals surface area contributed by atoms with E-state index in [4.69, 9.17) is 0 Å². The van der Waals surface area contributed by atoms with Gasteiger partial charge < -0.3 is 9.80 Å². The minimum Gasteiger partial charge on any atom is -0.312 e. The molecule has 0 aliphatic carbocycles. The summed E-state index contributed by atoms with van der Waals surface area (Å²) in [5.74, 6) is 0. The topological polar surface area (TPSA) is 22.6 Å². The molecule has 0 aromatic carbocycles. The lowest BCUT2D eigenvalue weighted by Gasteiger charge is -2.31. The quantitative estimate of drug-likeness (QED) is 0.810. The number of hydrogen-bond acceptors (Lipinski definition) is 5. The van der Waals surface area contributed by atoms with Crippen LogP contribution in [0.4, 0.5) is 0 Å². The molecule has 0 atom stereocenters. The van der Waals surface area contributed by atoms with Crippen molar-refractivity contribution in [3.05, 3.63) is 16.1 Å². The Bertz CT molecular complexity index is 327. The van der Waals surface area contributed by atoms with Crippen LogP contribution in [0.2, 0.25) is 0 Å². The molecule has 2 rings (SSSR count). The number of thiazole rings is 1. The van der Waals surface area contributed by atoms with Crippen LogP contribution in [0.1, 0.15) is 10.7 Å². The zero-order valence-corrected chi connectivity index (χ0v) is 13.1. The first kappa shape index (κ1) is 15.6. The lowest BCUT2D eigenvalue weighted by molar-refractivity contribution is 0.147. The van der Waals surface area contributed by atoms with Gasteiger partial charge in [0.05, 0.1) is 10.7 Å². The van der Waals surface area contributed by atoms with E-state index >= 15 is 0 Å². The van der Waals surface area contributed by atoms with Gasteiger partial charge in [0, 0.05) is 38.1 Å². The number of piperazine rings is 1. The van der Waals surface area contributed by atoms with Crippen LogP contribution in [-0.4, -0.2) is 74.1 Å². The van der Waals surface area contributed by atoms with E-state index < -0.39 is 0 Å². The van der Waals surface area contributed by atoms with Gasteiger partial charge in [-0.3, -0.25) is 4.90 Å². The fourth-order valence-electron chi connectivity index (χ4n) is 1.72. The maximum atomic E-state index is 4.49. The number of likely N-dealkylation sites (N-methyl/N-ethyl adjacent to an activating group) is 1. The minimum absolute atomic E-state index is 1.03. The first-order valence-corrected chi connectivity index (χ1v) is 7.28. The molecule has 1 fully saturated rings. The first-order chi connectivity index (χ1) is 8.47. The second kappa shape index (κ2) is 7.84. The third-order valence-electron chi connectivity index (χ3n) is 2.65. The Morgan fingerprint density at radius 1 is 1.22 bits per heavy atom. The molecule has 18 heavy (non-hydrogen) atoms. The highest BCUT2D eigenvalue weighted by molar-refractivity contribution is 7.09. The largest absolute Gasteiger partial charge is 0.312 e. The molecule has 2 heterocycles. The van der Waals surface area contributed by atoms with Crippen LogP contribution in [0.15, 0.2) is 5.38 Å². The van der Waals surface area contributed by atoms with Gasteiger partial charge in [0.15, 0.2) is 0 Å². The summed E-state index contributed by atoms with van der Waals surface area (Å²) in [5, 5.41) is 3.35. The highest BCUT2D eigenvalue weighted by Gasteiger charge is 2.14. The van der Waals surface area contributed by atoms with Crippen LogP contribution in [-0.2, 0) is 6.54 Å². The second-order valence-corrected chi connectivity index (χ2v) is 6.34. The Kier molecular flexibility index (Phi) is 6.78. The minimum atomic E-state index is 1.03. The average Bonchev–Trinajstić information content (AvgIpc) is 2.67. The van der Waals surface area contributed by atoms with Gasteiger partial charge in [0.2, 0.25) is 0 Å². The fourth-order valence-corrected chi connectivity index (χ4v) is 2.32. The van der Waals surface area contributed by atoms with E-state index in [1.54, 1.807) is 11.3 Å². The van der Waals surface area contributed by atoms with Crippen LogP contribution in [0.25, 0.3) is 0 Å². The normalized spacial score (nSPS) is 17.7. The number of rotatable bonds is 2. The molecule has 0 spiro atoms. The predicted molar refractivity (Wildman–Crippen MR) is 79.2 cm³/mol. The van der Waals surface area contributed by atoms with E-state index in [1.165, 1.54) is 36.9 Å². The number of aryl methyl sites for hydroxylation is 1. The van der Waals surface area contributed by atoms with Gasteiger partial charge in [-0.15, -0.1) is 11.3 Å². The van der Waals surface area contributed by atoms with Gasteiger partial charge in [0.25, 0.3) is 0 Å². The SMILES string of the molecule is CN(C)C.Cc1nc(CN2CCN(C)CC2)cs1. The molecule has 1 aliphatic heterocycles. The van der Waals surface area contributed by atoms with Crippen LogP contribution in [0.5, 0.6) is 0 Å². The Hall–Kier alpha value is -0.490. The summed E-state index contributed by atoms with van der Waals surface area (Å²) in [6.07, 6.45) is 0. The Morgan fingerprint density at radius 2 is 1.78 bits per heavy atom. The van der Waals surface area contributed by atoms with E-state index in [0.29, 0.717) is 0 Å². The first-order valence-electron chi connectivity index (χ1n) is 6.40. The smallest absolute Gasteiger partial charge is 0.0897 e. The van der Waals surface area contributed by atoms with Crippen LogP contribution >= 0.6 is 11.3 Å². The maximum absolute atomic E-state index is 4.49. The molecule has 0 radical (unpaired) electrons. The van der Waals surface area contributed by atoms with E-state index in [0.717, 1.165) is 6.54 Å². The van der Waals surface area contributed by atoms with Gasteiger partial charge in [-0.25, -0.2) is 4.98 Å². The lowest BCUT2D eigenvalue weighted by Crippen LogP contribution is -2.43. The molecule has 0 N–H and O–H groups in total. The van der Waals surface area contributed by atoms with Crippen molar-refractivity contribution in [3.63, 3.8) is 0 Å². The van der Waals surface area contributed by atoms with Crippen molar-refractivity contribution in [1.29, 1.82) is 0 Å². The summed E-state index contributed by atoms with van der Waals surface area (Å²) in [6, 6.07) is 0. The summed E-state index contributed by atoms with van der Waals surface area (Å²) in [4.78, 5) is 11.3. The second-order valence-electron chi connectivity index (χ2n) is 5.28. The molecule has 1 saturated heterocycles. The van der Waals surface area contributed by atoms with Crippen LogP contribution in [0, 0.1) is 6.92 Å². The molecule has 5 heteroatoms. The molecule has 0 unspecified atom stereocenters. The van der Waals surface area contributed by atoms with E-state index in [2.05, 4.69) is 34.1 Å². The van der Waals surface area contributed by atoms with Gasteiger partial charge in [0.1, 0.15) is 0 Å². The van der Waals surface area contributed by atoms with Gasteiger partial charge in [-0.1, -0.05) is 0 Å². The monoisotopic (exact) mass is 270 g/mol. The van der Waals surface area contributed by atoms with Gasteiger partial charge in [-0.2, -0.15) is 0 Å². The number of nitrogens with zero attached hydrogens (tertiary/aromatic N) is 4.